The van der Waals surface area contributed by atoms with Crippen LogP contribution in [0.2, 0.25) is 0 Å². The first-order valence-electron chi connectivity index (χ1n) is 7.26. The molecule has 0 N–H and O–H groups in total. The monoisotopic (exact) mass is 288 g/mol. The Labute approximate surface area is 124 Å². The number of esters is 2. The highest BCUT2D eigenvalue weighted by molar-refractivity contribution is 6.23. The van der Waals surface area contributed by atoms with Gasteiger partial charge in [0.15, 0.2) is 0 Å². The molecular formula is C17H20O4. The van der Waals surface area contributed by atoms with Crippen molar-refractivity contribution in [3.8, 4) is 0 Å². The molecule has 1 aromatic rings. The summed E-state index contributed by atoms with van der Waals surface area (Å²) in [6, 6.07) is 5.77. The predicted octanol–water partition coefficient (Wildman–Crippen LogP) is 2.82. The first-order valence-corrected chi connectivity index (χ1v) is 7.26. The van der Waals surface area contributed by atoms with E-state index in [4.69, 9.17) is 9.47 Å². The van der Waals surface area contributed by atoms with E-state index >= 15 is 0 Å². The summed E-state index contributed by atoms with van der Waals surface area (Å²) in [5, 5.41) is 0. The maximum absolute atomic E-state index is 12.3. The molecular weight excluding hydrogens is 268 g/mol. The van der Waals surface area contributed by atoms with Gasteiger partial charge in [-0.05, 0) is 50.3 Å². The second-order valence-corrected chi connectivity index (χ2v) is 4.90. The molecule has 0 amide bonds. The predicted molar refractivity (Wildman–Crippen MR) is 79.7 cm³/mol. The molecule has 0 saturated heterocycles. The molecule has 0 atom stereocenters. The van der Waals surface area contributed by atoms with Crippen LogP contribution in [0, 0.1) is 6.92 Å². The SMILES string of the molecule is CCOC(=O)C1=C(C(=O)OCC)c2cccc(C)c2CC1. The fraction of sp³-hybridized carbons (Fsp3) is 0.412. The third kappa shape index (κ3) is 2.99. The fourth-order valence-corrected chi connectivity index (χ4v) is 2.66. The molecule has 4 nitrogen and oxygen atoms in total. The zero-order valence-corrected chi connectivity index (χ0v) is 12.7. The quantitative estimate of drug-likeness (QED) is 0.799. The van der Waals surface area contributed by atoms with Gasteiger partial charge in [-0.1, -0.05) is 18.2 Å². The number of hydrogen-bond donors (Lipinski definition) is 0. The van der Waals surface area contributed by atoms with Gasteiger partial charge in [0.2, 0.25) is 0 Å². The molecule has 0 heterocycles. The number of benzene rings is 1. The summed E-state index contributed by atoms with van der Waals surface area (Å²) in [5.74, 6) is -0.875. The fourth-order valence-electron chi connectivity index (χ4n) is 2.66. The summed E-state index contributed by atoms with van der Waals surface area (Å²) in [5.41, 5.74) is 3.81. The molecule has 1 aliphatic carbocycles. The summed E-state index contributed by atoms with van der Waals surface area (Å²) < 4.78 is 10.2. The summed E-state index contributed by atoms with van der Waals surface area (Å²) in [7, 11) is 0. The van der Waals surface area contributed by atoms with Crippen molar-refractivity contribution in [1.29, 1.82) is 0 Å². The molecule has 0 aromatic heterocycles. The van der Waals surface area contributed by atoms with E-state index in [1.165, 1.54) is 0 Å². The number of carbonyl (C=O) groups is 2. The van der Waals surface area contributed by atoms with Crippen LogP contribution >= 0.6 is 0 Å². The highest BCUT2D eigenvalue weighted by Crippen LogP contribution is 2.34. The van der Waals surface area contributed by atoms with Crippen molar-refractivity contribution in [2.45, 2.75) is 33.6 Å². The Kier molecular flexibility index (Phi) is 4.78. The Hall–Kier alpha value is -2.10. The normalized spacial score (nSPS) is 13.7. The molecule has 0 unspecified atom stereocenters. The third-order valence-electron chi connectivity index (χ3n) is 3.61. The van der Waals surface area contributed by atoms with E-state index in [-0.39, 0.29) is 6.61 Å². The lowest BCUT2D eigenvalue weighted by Crippen LogP contribution is -2.21. The van der Waals surface area contributed by atoms with Crippen LogP contribution in [-0.4, -0.2) is 25.2 Å². The first-order chi connectivity index (χ1) is 10.1. The highest BCUT2D eigenvalue weighted by atomic mass is 16.5. The number of carbonyl (C=O) groups excluding carboxylic acids is 2. The van der Waals surface area contributed by atoms with Crippen molar-refractivity contribution in [2.24, 2.45) is 0 Å². The van der Waals surface area contributed by atoms with Crippen LogP contribution in [0.15, 0.2) is 23.8 Å². The molecule has 21 heavy (non-hydrogen) atoms. The Morgan fingerprint density at radius 2 is 1.71 bits per heavy atom. The molecule has 4 heteroatoms. The van der Waals surface area contributed by atoms with E-state index < -0.39 is 11.9 Å². The Morgan fingerprint density at radius 3 is 2.38 bits per heavy atom. The van der Waals surface area contributed by atoms with Gasteiger partial charge in [-0.15, -0.1) is 0 Å². The molecule has 0 saturated carbocycles. The zero-order valence-electron chi connectivity index (χ0n) is 12.7. The van der Waals surface area contributed by atoms with Crippen molar-refractivity contribution in [3.05, 3.63) is 40.5 Å². The van der Waals surface area contributed by atoms with Gasteiger partial charge in [-0.25, -0.2) is 9.59 Å². The summed E-state index contributed by atoms with van der Waals surface area (Å²) in [6.45, 7) is 6.08. The Balaban J connectivity index is 2.57. The molecule has 0 spiro atoms. The number of hydrogen-bond acceptors (Lipinski definition) is 4. The van der Waals surface area contributed by atoms with Crippen LogP contribution < -0.4 is 0 Å². The number of fused-ring (bicyclic) bond motifs is 1. The molecule has 1 aromatic carbocycles. The van der Waals surface area contributed by atoms with Crippen LogP contribution in [0.5, 0.6) is 0 Å². The second kappa shape index (κ2) is 6.57. The standard InChI is InChI=1S/C17H20O4/c1-4-20-16(18)14-10-9-12-11(3)7-6-8-13(12)15(14)17(19)21-5-2/h6-8H,4-5,9-10H2,1-3H3. The topological polar surface area (TPSA) is 52.6 Å². The van der Waals surface area contributed by atoms with Crippen LogP contribution in [0.1, 0.15) is 37.0 Å². The molecule has 0 radical (unpaired) electrons. The minimum atomic E-state index is -0.452. The summed E-state index contributed by atoms with van der Waals surface area (Å²) >= 11 is 0. The van der Waals surface area contributed by atoms with E-state index in [1.54, 1.807) is 13.8 Å². The van der Waals surface area contributed by atoms with Gasteiger partial charge in [0.25, 0.3) is 0 Å². The van der Waals surface area contributed by atoms with Gasteiger partial charge in [0, 0.05) is 0 Å². The Bertz CT molecular complexity index is 599. The van der Waals surface area contributed by atoms with E-state index in [0.717, 1.165) is 23.1 Å². The summed E-state index contributed by atoms with van der Waals surface area (Å²) in [6.07, 6.45) is 1.24. The highest BCUT2D eigenvalue weighted by Gasteiger charge is 2.30. The third-order valence-corrected chi connectivity index (χ3v) is 3.61. The largest absolute Gasteiger partial charge is 0.463 e. The van der Waals surface area contributed by atoms with Gasteiger partial charge in [-0.2, -0.15) is 0 Å². The summed E-state index contributed by atoms with van der Waals surface area (Å²) in [4.78, 5) is 24.4. The van der Waals surface area contributed by atoms with Gasteiger partial charge in [-0.3, -0.25) is 0 Å². The van der Waals surface area contributed by atoms with Gasteiger partial charge < -0.3 is 9.47 Å². The van der Waals surface area contributed by atoms with Crippen LogP contribution in [0.4, 0.5) is 0 Å². The average molecular weight is 288 g/mol. The van der Waals surface area contributed by atoms with Crippen molar-refractivity contribution in [2.75, 3.05) is 13.2 Å². The maximum Gasteiger partial charge on any atom is 0.339 e. The van der Waals surface area contributed by atoms with E-state index in [2.05, 4.69) is 0 Å². The minimum Gasteiger partial charge on any atom is -0.463 e. The maximum atomic E-state index is 12.3. The molecule has 2 rings (SSSR count). The van der Waals surface area contributed by atoms with Crippen LogP contribution in [0.3, 0.4) is 0 Å². The van der Waals surface area contributed by atoms with Crippen LogP contribution in [-0.2, 0) is 25.5 Å². The van der Waals surface area contributed by atoms with E-state index in [0.29, 0.717) is 24.2 Å². The molecule has 0 bridgehead atoms. The van der Waals surface area contributed by atoms with Crippen molar-refractivity contribution >= 4 is 17.5 Å². The van der Waals surface area contributed by atoms with Crippen LogP contribution in [0.25, 0.3) is 5.57 Å². The number of rotatable bonds is 4. The van der Waals surface area contributed by atoms with Crippen molar-refractivity contribution in [1.82, 2.24) is 0 Å². The molecule has 0 aliphatic heterocycles. The van der Waals surface area contributed by atoms with E-state index in [9.17, 15) is 9.59 Å². The zero-order chi connectivity index (χ0) is 15.4. The van der Waals surface area contributed by atoms with E-state index in [1.807, 2.05) is 25.1 Å². The lowest BCUT2D eigenvalue weighted by atomic mass is 9.83. The minimum absolute atomic E-state index is 0.277. The molecule has 112 valence electrons. The van der Waals surface area contributed by atoms with Crippen molar-refractivity contribution in [3.63, 3.8) is 0 Å². The van der Waals surface area contributed by atoms with Gasteiger partial charge in [0.05, 0.1) is 24.4 Å². The van der Waals surface area contributed by atoms with Gasteiger partial charge in [0.1, 0.15) is 0 Å². The first kappa shape index (κ1) is 15.3. The number of ether oxygens (including phenoxy) is 2. The Morgan fingerprint density at radius 1 is 1.05 bits per heavy atom. The van der Waals surface area contributed by atoms with Crippen molar-refractivity contribution < 1.29 is 19.1 Å². The van der Waals surface area contributed by atoms with Gasteiger partial charge >= 0.3 is 11.9 Å². The lowest BCUT2D eigenvalue weighted by Gasteiger charge is -2.22. The molecule has 0 fully saturated rings. The average Bonchev–Trinajstić information content (AvgIpc) is 2.47. The second-order valence-electron chi connectivity index (χ2n) is 4.90. The lowest BCUT2D eigenvalue weighted by molar-refractivity contribution is -0.140. The smallest absolute Gasteiger partial charge is 0.339 e. The molecule has 1 aliphatic rings. The number of aryl methyl sites for hydroxylation is 1.